The zero-order valence-electron chi connectivity index (χ0n) is 25.8. The first-order valence-electron chi connectivity index (χ1n) is 15.4. The smallest absolute Gasteiger partial charge is 0.265 e. The van der Waals surface area contributed by atoms with Gasteiger partial charge in [0.1, 0.15) is 0 Å². The number of hydrogen-bond donors (Lipinski definition) is 2. The van der Waals surface area contributed by atoms with Gasteiger partial charge in [0.05, 0.1) is 29.5 Å². The molecule has 1 fully saturated rings. The molecular weight excluding hydrogens is 584 g/mol. The van der Waals surface area contributed by atoms with Crippen LogP contribution < -0.4 is 21.1 Å². The van der Waals surface area contributed by atoms with E-state index in [1.165, 1.54) is 29.4 Å². The lowest BCUT2D eigenvalue weighted by atomic mass is 9.97. The molecule has 45 heavy (non-hydrogen) atoms. The molecule has 0 spiro atoms. The Morgan fingerprint density at radius 3 is 2.60 bits per heavy atom. The summed E-state index contributed by atoms with van der Waals surface area (Å²) < 4.78 is 7.11. The number of rotatable bonds is 8. The van der Waals surface area contributed by atoms with Crippen molar-refractivity contribution in [3.05, 3.63) is 110 Å². The van der Waals surface area contributed by atoms with Gasteiger partial charge in [-0.1, -0.05) is 24.8 Å². The molecule has 1 aliphatic heterocycles. The fraction of sp³-hybridized carbons (Fsp3) is 0.306. The quantitative estimate of drug-likeness (QED) is 0.232. The molecule has 1 aliphatic carbocycles. The van der Waals surface area contributed by atoms with Gasteiger partial charge in [0.25, 0.3) is 11.5 Å². The van der Waals surface area contributed by atoms with Crippen LogP contribution in [-0.2, 0) is 35.8 Å². The van der Waals surface area contributed by atoms with Crippen LogP contribution in [0.5, 0.6) is 0 Å². The highest BCUT2D eigenvalue weighted by atomic mass is 32.1. The monoisotopic (exact) mass is 622 g/mol. The number of hydrogen-bond acceptors (Lipinski definition) is 6. The molecule has 0 saturated carbocycles. The average Bonchev–Trinajstić information content (AvgIpc) is 3.49. The molecule has 2 aromatic carbocycles. The lowest BCUT2D eigenvalue weighted by molar-refractivity contribution is -0.111. The van der Waals surface area contributed by atoms with Crippen molar-refractivity contribution >= 4 is 40.2 Å². The van der Waals surface area contributed by atoms with Crippen LogP contribution in [0.3, 0.4) is 0 Å². The van der Waals surface area contributed by atoms with Gasteiger partial charge in [0.15, 0.2) is 0 Å². The molecule has 9 heteroatoms. The Hall–Kier alpha value is -4.47. The van der Waals surface area contributed by atoms with Crippen LogP contribution in [0.2, 0.25) is 0 Å². The number of morpholine rings is 1. The maximum absolute atomic E-state index is 13.3. The number of nitrogens with zero attached hydrogens (tertiary/aromatic N) is 2. The minimum Gasteiger partial charge on any atom is -0.378 e. The highest BCUT2D eigenvalue weighted by molar-refractivity contribution is 7.14. The fourth-order valence-corrected chi connectivity index (χ4v) is 7.35. The molecule has 0 atom stereocenters. The minimum atomic E-state index is -0.291. The first-order valence-corrected chi connectivity index (χ1v) is 16.2. The zero-order valence-corrected chi connectivity index (χ0v) is 26.6. The van der Waals surface area contributed by atoms with Gasteiger partial charge in [-0.3, -0.25) is 14.4 Å². The molecule has 2 aromatic heterocycles. The van der Waals surface area contributed by atoms with E-state index in [1.54, 1.807) is 23.0 Å². The van der Waals surface area contributed by atoms with Gasteiger partial charge in [0, 0.05) is 48.9 Å². The standard InChI is InChI=1S/C36H38N4O4S/c1-4-34(41)37-30-19-24(12-13-31(30)40-14-16-44-17-15-40)18-26-20-27(22-39(3)36(26)43)28-9-7-10-29(23(28)2)38-35(42)33-21-25-8-5-6-11-32(25)45-33/h4,7,9-10,12-13,19-22H,1,5-6,8,11,14-18H2,2-3H3,(H,37,41)(H,38,42). The Morgan fingerprint density at radius 1 is 1.02 bits per heavy atom. The largest absolute Gasteiger partial charge is 0.378 e. The molecular formula is C36H38N4O4S. The van der Waals surface area contributed by atoms with E-state index in [0.717, 1.165) is 64.4 Å². The van der Waals surface area contributed by atoms with Crippen molar-refractivity contribution in [2.75, 3.05) is 41.8 Å². The summed E-state index contributed by atoms with van der Waals surface area (Å²) in [6.45, 7) is 8.30. The molecule has 3 heterocycles. The lowest BCUT2D eigenvalue weighted by Crippen LogP contribution is -2.36. The summed E-state index contributed by atoms with van der Waals surface area (Å²) >= 11 is 1.60. The van der Waals surface area contributed by atoms with Crippen molar-refractivity contribution in [3.8, 4) is 11.1 Å². The second kappa shape index (κ2) is 13.3. The van der Waals surface area contributed by atoms with E-state index in [2.05, 4.69) is 28.2 Å². The number of amides is 2. The topological polar surface area (TPSA) is 92.7 Å². The van der Waals surface area contributed by atoms with Gasteiger partial charge >= 0.3 is 0 Å². The summed E-state index contributed by atoms with van der Waals surface area (Å²) in [7, 11) is 1.76. The number of ether oxygens (including phenoxy) is 1. The second-order valence-corrected chi connectivity index (χ2v) is 12.8. The summed E-state index contributed by atoms with van der Waals surface area (Å²) in [5.41, 5.74) is 7.86. The van der Waals surface area contributed by atoms with E-state index in [1.807, 2.05) is 55.6 Å². The molecule has 2 aliphatic rings. The fourth-order valence-electron chi connectivity index (χ4n) is 6.20. The zero-order chi connectivity index (χ0) is 31.5. The summed E-state index contributed by atoms with van der Waals surface area (Å²) in [6.07, 6.45) is 7.95. The van der Waals surface area contributed by atoms with Gasteiger partial charge in [0.2, 0.25) is 5.91 Å². The van der Waals surface area contributed by atoms with E-state index >= 15 is 0 Å². The predicted molar refractivity (Wildman–Crippen MR) is 182 cm³/mol. The highest BCUT2D eigenvalue weighted by Crippen LogP contribution is 2.33. The van der Waals surface area contributed by atoms with Crippen LogP contribution in [0.4, 0.5) is 17.1 Å². The summed E-state index contributed by atoms with van der Waals surface area (Å²) in [5.74, 6) is -0.378. The van der Waals surface area contributed by atoms with Crippen molar-refractivity contribution in [2.24, 2.45) is 7.05 Å². The van der Waals surface area contributed by atoms with Gasteiger partial charge in [-0.15, -0.1) is 11.3 Å². The number of thiophene rings is 1. The molecule has 2 N–H and O–H groups in total. The molecule has 1 saturated heterocycles. The van der Waals surface area contributed by atoms with Gasteiger partial charge in [-0.25, -0.2) is 0 Å². The highest BCUT2D eigenvalue weighted by Gasteiger charge is 2.20. The van der Waals surface area contributed by atoms with Crippen LogP contribution in [0, 0.1) is 6.92 Å². The molecule has 0 bridgehead atoms. The van der Waals surface area contributed by atoms with Gasteiger partial charge in [-0.2, -0.15) is 0 Å². The lowest BCUT2D eigenvalue weighted by Gasteiger charge is -2.30. The third-order valence-corrected chi connectivity index (χ3v) is 9.86. The maximum Gasteiger partial charge on any atom is 0.265 e. The number of fused-ring (bicyclic) bond motifs is 1. The number of pyridine rings is 1. The molecule has 232 valence electrons. The van der Waals surface area contributed by atoms with E-state index < -0.39 is 0 Å². The Morgan fingerprint density at radius 2 is 1.82 bits per heavy atom. The molecule has 8 nitrogen and oxygen atoms in total. The SMILES string of the molecule is C=CC(=O)Nc1cc(Cc2cc(-c3cccc(NC(=O)c4cc5c(s4)CCCC5)c3C)cn(C)c2=O)ccc1N1CCOCC1. The summed E-state index contributed by atoms with van der Waals surface area (Å²) in [4.78, 5) is 43.1. The average molecular weight is 623 g/mol. The molecule has 2 amide bonds. The van der Waals surface area contributed by atoms with E-state index in [-0.39, 0.29) is 17.4 Å². The summed E-state index contributed by atoms with van der Waals surface area (Å²) in [6, 6.07) is 15.8. The van der Waals surface area contributed by atoms with Crippen molar-refractivity contribution in [3.63, 3.8) is 0 Å². The number of benzene rings is 2. The normalized spacial score (nSPS) is 14.5. The number of aromatic nitrogens is 1. The number of anilines is 3. The van der Waals surface area contributed by atoms with Crippen LogP contribution in [-0.4, -0.2) is 42.7 Å². The van der Waals surface area contributed by atoms with Crippen molar-refractivity contribution < 1.29 is 14.3 Å². The van der Waals surface area contributed by atoms with Crippen molar-refractivity contribution in [2.45, 2.75) is 39.0 Å². The number of carbonyl (C=O) groups is 2. The predicted octanol–water partition coefficient (Wildman–Crippen LogP) is 6.11. The van der Waals surface area contributed by atoms with Crippen LogP contribution >= 0.6 is 11.3 Å². The molecule has 6 rings (SSSR count). The maximum atomic E-state index is 13.3. The van der Waals surface area contributed by atoms with Gasteiger partial charge < -0.3 is 24.8 Å². The molecule has 0 radical (unpaired) electrons. The molecule has 4 aromatic rings. The minimum absolute atomic E-state index is 0.0866. The van der Waals surface area contributed by atoms with Crippen LogP contribution in [0.15, 0.2) is 72.2 Å². The number of aryl methyl sites for hydroxylation is 3. The second-order valence-electron chi connectivity index (χ2n) is 11.7. The summed E-state index contributed by atoms with van der Waals surface area (Å²) in [5, 5.41) is 6.08. The molecule has 0 unspecified atom stereocenters. The van der Waals surface area contributed by atoms with Crippen molar-refractivity contribution in [1.29, 1.82) is 0 Å². The van der Waals surface area contributed by atoms with Crippen LogP contribution in [0.25, 0.3) is 11.1 Å². The van der Waals surface area contributed by atoms with E-state index in [4.69, 9.17) is 4.74 Å². The van der Waals surface area contributed by atoms with E-state index in [9.17, 15) is 14.4 Å². The number of nitrogens with one attached hydrogen (secondary N) is 2. The van der Waals surface area contributed by atoms with Gasteiger partial charge in [-0.05, 0) is 96.8 Å². The Kier molecular flexibility index (Phi) is 9.00. The van der Waals surface area contributed by atoms with Crippen molar-refractivity contribution in [1.82, 2.24) is 4.57 Å². The first kappa shape index (κ1) is 30.6. The van der Waals surface area contributed by atoms with Crippen LogP contribution in [0.1, 0.15) is 49.6 Å². The Balaban J connectivity index is 1.28. The number of carbonyl (C=O) groups excluding carboxylic acids is 2. The van der Waals surface area contributed by atoms with E-state index in [0.29, 0.717) is 30.9 Å². The third-order valence-electron chi connectivity index (χ3n) is 8.62. The Labute approximate surface area is 267 Å². The third kappa shape index (κ3) is 6.65. The Bertz CT molecular complexity index is 1810. The first-order chi connectivity index (χ1) is 21.8.